The molecule has 0 amide bonds. The summed E-state index contributed by atoms with van der Waals surface area (Å²) in [6.07, 6.45) is -1.09. The van der Waals surface area contributed by atoms with Crippen LogP contribution in [0.3, 0.4) is 0 Å². The van der Waals surface area contributed by atoms with Gasteiger partial charge in [0, 0.05) is 11.6 Å². The molecule has 2 rings (SSSR count). The molecule has 27 heavy (non-hydrogen) atoms. The third-order valence-corrected chi connectivity index (χ3v) is 7.37. The highest BCUT2D eigenvalue weighted by Gasteiger charge is 2.21. The van der Waals surface area contributed by atoms with Crippen LogP contribution in [0.5, 0.6) is 0 Å². The first-order valence-corrected chi connectivity index (χ1v) is 11.5. The van der Waals surface area contributed by atoms with Crippen LogP contribution in [-0.4, -0.2) is 44.4 Å². The van der Waals surface area contributed by atoms with Crippen LogP contribution in [0.15, 0.2) is 51.0 Å². The molecule has 1 aromatic carbocycles. The molecular weight excluding hydrogens is 406 g/mol. The molecule has 148 valence electrons. The van der Waals surface area contributed by atoms with Gasteiger partial charge in [-0.1, -0.05) is 35.9 Å². The molecule has 6 nitrogen and oxygen atoms in total. The van der Waals surface area contributed by atoms with Crippen LogP contribution in [0.2, 0.25) is 5.02 Å². The predicted octanol–water partition coefficient (Wildman–Crippen LogP) is 2.85. The molecule has 0 spiro atoms. The Hall–Kier alpha value is -1.61. The monoisotopic (exact) mass is 429 g/mol. The van der Waals surface area contributed by atoms with E-state index in [0.717, 1.165) is 16.9 Å². The molecule has 0 saturated heterocycles. The van der Waals surface area contributed by atoms with Gasteiger partial charge in [0.15, 0.2) is 15.8 Å². The Kier molecular flexibility index (Phi) is 8.09. The highest BCUT2D eigenvalue weighted by molar-refractivity contribution is 7.93. The van der Waals surface area contributed by atoms with Crippen molar-refractivity contribution in [3.8, 4) is 0 Å². The third kappa shape index (κ3) is 6.49. The number of halogens is 1. The summed E-state index contributed by atoms with van der Waals surface area (Å²) in [5.41, 5.74) is 0.922. The number of nitrogens with zero attached hydrogens (tertiary/aromatic N) is 1. The van der Waals surface area contributed by atoms with Crippen molar-refractivity contribution in [2.24, 2.45) is 4.99 Å². The second-order valence-electron chi connectivity index (χ2n) is 5.97. The van der Waals surface area contributed by atoms with E-state index in [-0.39, 0.29) is 22.5 Å². The van der Waals surface area contributed by atoms with Crippen molar-refractivity contribution in [1.29, 1.82) is 0 Å². The van der Waals surface area contributed by atoms with E-state index in [1.807, 2.05) is 38.1 Å². The van der Waals surface area contributed by atoms with Gasteiger partial charge < -0.3 is 15.7 Å². The number of benzene rings is 1. The fraction of sp³-hybridized carbons (Fsp3) is 0.389. The summed E-state index contributed by atoms with van der Waals surface area (Å²) in [6, 6.07) is 10.6. The molecule has 0 aliphatic heterocycles. The van der Waals surface area contributed by atoms with Gasteiger partial charge in [0.2, 0.25) is 0 Å². The van der Waals surface area contributed by atoms with Gasteiger partial charge in [-0.05, 0) is 36.9 Å². The zero-order chi connectivity index (χ0) is 19.9. The van der Waals surface area contributed by atoms with Crippen LogP contribution in [0.4, 0.5) is 0 Å². The van der Waals surface area contributed by atoms with Gasteiger partial charge in [0.25, 0.3) is 0 Å². The van der Waals surface area contributed by atoms with Crippen LogP contribution in [0.25, 0.3) is 0 Å². The number of guanidine groups is 1. The van der Waals surface area contributed by atoms with Crippen LogP contribution >= 0.6 is 22.9 Å². The molecule has 0 bridgehead atoms. The molecule has 1 heterocycles. The van der Waals surface area contributed by atoms with E-state index in [0.29, 0.717) is 17.5 Å². The van der Waals surface area contributed by atoms with Crippen molar-refractivity contribution >= 4 is 38.7 Å². The Morgan fingerprint density at radius 3 is 2.67 bits per heavy atom. The molecule has 9 heteroatoms. The molecule has 0 saturated carbocycles. The minimum absolute atomic E-state index is 0.0326. The van der Waals surface area contributed by atoms with Crippen molar-refractivity contribution in [3.63, 3.8) is 0 Å². The average molecular weight is 430 g/mol. The van der Waals surface area contributed by atoms with Gasteiger partial charge in [-0.2, -0.15) is 0 Å². The second kappa shape index (κ2) is 10.1. The first kappa shape index (κ1) is 21.7. The molecule has 2 unspecified atom stereocenters. The van der Waals surface area contributed by atoms with Crippen molar-refractivity contribution in [1.82, 2.24) is 10.6 Å². The maximum atomic E-state index is 12.2. The molecule has 0 aliphatic rings. The fourth-order valence-corrected chi connectivity index (χ4v) is 5.22. The van der Waals surface area contributed by atoms with Crippen molar-refractivity contribution in [3.05, 3.63) is 52.4 Å². The molecule has 2 atom stereocenters. The van der Waals surface area contributed by atoms with E-state index in [4.69, 9.17) is 11.6 Å². The second-order valence-corrected chi connectivity index (χ2v) is 9.59. The first-order valence-electron chi connectivity index (χ1n) is 8.57. The quantitative estimate of drug-likeness (QED) is 0.443. The molecule has 0 radical (unpaired) electrons. The van der Waals surface area contributed by atoms with E-state index >= 15 is 0 Å². The predicted molar refractivity (Wildman–Crippen MR) is 111 cm³/mol. The molecule has 2 aromatic rings. The lowest BCUT2D eigenvalue weighted by atomic mass is 10.1. The van der Waals surface area contributed by atoms with E-state index in [9.17, 15) is 13.5 Å². The Bertz CT molecular complexity index is 854. The minimum Gasteiger partial charge on any atom is -0.390 e. The summed E-state index contributed by atoms with van der Waals surface area (Å²) >= 11 is 7.36. The molecule has 1 aromatic heterocycles. The smallest absolute Gasteiger partial charge is 0.191 e. The number of thiophene rings is 1. The summed E-state index contributed by atoms with van der Waals surface area (Å²) in [5, 5.41) is 18.8. The Balaban J connectivity index is 2.01. The summed E-state index contributed by atoms with van der Waals surface area (Å²) in [5.74, 6) is 0.119. The molecule has 0 aliphatic carbocycles. The number of hydrogen-bond donors (Lipinski definition) is 3. The van der Waals surface area contributed by atoms with Gasteiger partial charge >= 0.3 is 0 Å². The van der Waals surface area contributed by atoms with E-state index in [1.165, 1.54) is 6.07 Å². The Labute approximate surface area is 169 Å². The highest BCUT2D eigenvalue weighted by atomic mass is 35.5. The number of sulfone groups is 1. The lowest BCUT2D eigenvalue weighted by molar-refractivity contribution is 0.206. The van der Waals surface area contributed by atoms with Crippen molar-refractivity contribution in [2.45, 2.75) is 30.2 Å². The maximum Gasteiger partial charge on any atom is 0.191 e. The van der Waals surface area contributed by atoms with Crippen LogP contribution < -0.4 is 10.6 Å². The first-order chi connectivity index (χ1) is 12.8. The lowest BCUT2D eigenvalue weighted by Gasteiger charge is -2.19. The lowest BCUT2D eigenvalue weighted by Crippen LogP contribution is -2.39. The topological polar surface area (TPSA) is 90.8 Å². The maximum absolute atomic E-state index is 12.2. The van der Waals surface area contributed by atoms with Gasteiger partial charge in [0.1, 0.15) is 4.21 Å². The van der Waals surface area contributed by atoms with Crippen LogP contribution in [0, 0.1) is 0 Å². The number of aliphatic hydroxyl groups excluding tert-OH is 1. The standard InChI is InChI=1S/C18H24ClN3O3S2/c1-3-20-18(22-13(2)15-7-4-5-8-16(15)19)21-11-14(23)12-27(24,25)17-9-6-10-26-17/h4-10,13-14,23H,3,11-12H2,1-2H3,(H2,20,21,22). The number of aliphatic hydroxyl groups is 1. The zero-order valence-corrected chi connectivity index (χ0v) is 17.6. The third-order valence-electron chi connectivity index (χ3n) is 3.74. The largest absolute Gasteiger partial charge is 0.390 e. The highest BCUT2D eigenvalue weighted by Crippen LogP contribution is 2.22. The summed E-state index contributed by atoms with van der Waals surface area (Å²) < 4.78 is 24.7. The van der Waals surface area contributed by atoms with Crippen LogP contribution in [-0.2, 0) is 9.84 Å². The SMILES string of the molecule is CCNC(=NCC(O)CS(=O)(=O)c1cccs1)NC(C)c1ccccc1Cl. The molecular formula is C18H24ClN3O3S2. The van der Waals surface area contributed by atoms with Crippen molar-refractivity contribution < 1.29 is 13.5 Å². The summed E-state index contributed by atoms with van der Waals surface area (Å²) in [6.45, 7) is 4.47. The minimum atomic E-state index is -3.51. The van der Waals surface area contributed by atoms with Crippen molar-refractivity contribution in [2.75, 3.05) is 18.8 Å². The fourth-order valence-electron chi connectivity index (χ4n) is 2.45. The number of rotatable bonds is 8. The van der Waals surface area contributed by atoms with E-state index in [2.05, 4.69) is 15.6 Å². The van der Waals surface area contributed by atoms with Gasteiger partial charge in [-0.3, -0.25) is 4.99 Å². The number of aliphatic imine (C=N–C) groups is 1. The zero-order valence-electron chi connectivity index (χ0n) is 15.2. The number of nitrogens with one attached hydrogen (secondary N) is 2. The van der Waals surface area contributed by atoms with Crippen LogP contribution in [0.1, 0.15) is 25.5 Å². The number of hydrogen-bond acceptors (Lipinski definition) is 5. The normalized spacial score (nSPS) is 14.6. The van der Waals surface area contributed by atoms with Gasteiger partial charge in [-0.15, -0.1) is 11.3 Å². The molecule has 3 N–H and O–H groups in total. The Morgan fingerprint density at radius 2 is 2.04 bits per heavy atom. The summed E-state index contributed by atoms with van der Waals surface area (Å²) in [4.78, 5) is 4.31. The average Bonchev–Trinajstić information content (AvgIpc) is 3.15. The van der Waals surface area contributed by atoms with E-state index in [1.54, 1.807) is 11.4 Å². The van der Waals surface area contributed by atoms with E-state index < -0.39 is 15.9 Å². The molecule has 0 fully saturated rings. The van der Waals surface area contributed by atoms with Gasteiger partial charge in [0.05, 0.1) is 24.4 Å². The Morgan fingerprint density at radius 1 is 1.30 bits per heavy atom. The summed E-state index contributed by atoms with van der Waals surface area (Å²) in [7, 11) is -3.51. The van der Waals surface area contributed by atoms with Gasteiger partial charge in [-0.25, -0.2) is 8.42 Å².